The lowest BCUT2D eigenvalue weighted by molar-refractivity contribution is -0.115. The van der Waals surface area contributed by atoms with Gasteiger partial charge in [-0.05, 0) is 18.9 Å². The van der Waals surface area contributed by atoms with Gasteiger partial charge in [-0.3, -0.25) is 0 Å². The maximum atomic E-state index is 5.84. The lowest BCUT2D eigenvalue weighted by Gasteiger charge is -2.55. The standard InChI is InChI=1S/C16H23NO/c1-11(12-7-5-4-6-8-12)17-14-13-9-10-18-15(13)16(14,2)3/h4-8,11,13-15,17H,9-10H2,1-3H3/t11-,13?,14?,15?/m0/s1. The quantitative estimate of drug-likeness (QED) is 0.883. The molecule has 4 atom stereocenters. The van der Waals surface area contributed by atoms with Crippen LogP contribution in [0, 0.1) is 11.3 Å². The van der Waals surface area contributed by atoms with Crippen LogP contribution in [0.3, 0.4) is 0 Å². The van der Waals surface area contributed by atoms with E-state index in [-0.39, 0.29) is 5.41 Å². The van der Waals surface area contributed by atoms with Crippen LogP contribution >= 0.6 is 0 Å². The number of benzene rings is 1. The number of nitrogens with one attached hydrogen (secondary N) is 1. The maximum absolute atomic E-state index is 5.84. The Morgan fingerprint density at radius 3 is 2.72 bits per heavy atom. The molecule has 0 amide bonds. The molecule has 3 rings (SSSR count). The first-order valence-corrected chi connectivity index (χ1v) is 7.03. The summed E-state index contributed by atoms with van der Waals surface area (Å²) in [4.78, 5) is 0. The van der Waals surface area contributed by atoms with Crippen molar-refractivity contribution in [3.8, 4) is 0 Å². The molecular formula is C16H23NO. The van der Waals surface area contributed by atoms with Crippen LogP contribution in [-0.2, 0) is 4.74 Å². The molecule has 1 saturated carbocycles. The van der Waals surface area contributed by atoms with Gasteiger partial charge in [-0.2, -0.15) is 0 Å². The van der Waals surface area contributed by atoms with Crippen LogP contribution in [0.25, 0.3) is 0 Å². The molecule has 0 bridgehead atoms. The molecule has 1 aliphatic carbocycles. The molecule has 0 aromatic heterocycles. The van der Waals surface area contributed by atoms with Gasteiger partial charge in [0.2, 0.25) is 0 Å². The summed E-state index contributed by atoms with van der Waals surface area (Å²) < 4.78 is 5.84. The molecule has 1 saturated heterocycles. The van der Waals surface area contributed by atoms with Crippen molar-refractivity contribution in [2.45, 2.75) is 45.4 Å². The van der Waals surface area contributed by atoms with Crippen LogP contribution < -0.4 is 5.32 Å². The zero-order valence-corrected chi connectivity index (χ0v) is 11.5. The molecule has 1 aromatic carbocycles. The average molecular weight is 245 g/mol. The molecule has 2 fully saturated rings. The van der Waals surface area contributed by atoms with E-state index in [1.54, 1.807) is 0 Å². The molecule has 98 valence electrons. The fourth-order valence-corrected chi connectivity index (χ4v) is 3.77. The van der Waals surface area contributed by atoms with Crippen LogP contribution in [0.2, 0.25) is 0 Å². The first-order chi connectivity index (χ1) is 8.60. The van der Waals surface area contributed by atoms with E-state index >= 15 is 0 Å². The van der Waals surface area contributed by atoms with E-state index in [4.69, 9.17) is 4.74 Å². The fourth-order valence-electron chi connectivity index (χ4n) is 3.77. The third kappa shape index (κ3) is 1.79. The predicted octanol–water partition coefficient (Wildman–Crippen LogP) is 3.15. The minimum atomic E-state index is 0.268. The van der Waals surface area contributed by atoms with Crippen molar-refractivity contribution in [2.75, 3.05) is 6.61 Å². The summed E-state index contributed by atoms with van der Waals surface area (Å²) in [7, 11) is 0. The highest BCUT2D eigenvalue weighted by Gasteiger charge is 2.59. The average Bonchev–Trinajstić information content (AvgIpc) is 2.83. The van der Waals surface area contributed by atoms with Gasteiger partial charge in [-0.1, -0.05) is 44.2 Å². The van der Waals surface area contributed by atoms with Crippen molar-refractivity contribution < 1.29 is 4.74 Å². The molecule has 2 heteroatoms. The molecule has 2 nitrogen and oxygen atoms in total. The second-order valence-corrected chi connectivity index (χ2v) is 6.34. The minimum absolute atomic E-state index is 0.268. The molecule has 0 radical (unpaired) electrons. The molecule has 1 N–H and O–H groups in total. The van der Waals surface area contributed by atoms with Gasteiger partial charge in [-0.25, -0.2) is 0 Å². The molecule has 3 unspecified atom stereocenters. The second-order valence-electron chi connectivity index (χ2n) is 6.34. The zero-order valence-electron chi connectivity index (χ0n) is 11.5. The number of fused-ring (bicyclic) bond motifs is 1. The first kappa shape index (κ1) is 12.2. The van der Waals surface area contributed by atoms with E-state index < -0.39 is 0 Å². The van der Waals surface area contributed by atoms with Crippen LogP contribution in [0.1, 0.15) is 38.8 Å². The Morgan fingerprint density at radius 2 is 2.00 bits per heavy atom. The Labute approximate surface area is 110 Å². The van der Waals surface area contributed by atoms with Gasteiger partial charge in [0.15, 0.2) is 0 Å². The molecule has 2 aliphatic rings. The van der Waals surface area contributed by atoms with Gasteiger partial charge in [0.25, 0.3) is 0 Å². The minimum Gasteiger partial charge on any atom is -0.377 e. The Balaban J connectivity index is 1.70. The van der Waals surface area contributed by atoms with Gasteiger partial charge in [-0.15, -0.1) is 0 Å². The van der Waals surface area contributed by atoms with Gasteiger partial charge < -0.3 is 10.1 Å². The van der Waals surface area contributed by atoms with E-state index in [0.717, 1.165) is 6.61 Å². The zero-order chi connectivity index (χ0) is 12.8. The molecule has 1 heterocycles. The fraction of sp³-hybridized carbons (Fsp3) is 0.625. The Bertz CT molecular complexity index is 414. The molecule has 0 spiro atoms. The van der Waals surface area contributed by atoms with E-state index in [9.17, 15) is 0 Å². The maximum Gasteiger partial charge on any atom is 0.0685 e. The number of hydrogen-bond acceptors (Lipinski definition) is 2. The smallest absolute Gasteiger partial charge is 0.0685 e. The predicted molar refractivity (Wildman–Crippen MR) is 73.4 cm³/mol. The Kier molecular flexibility index (Phi) is 2.95. The van der Waals surface area contributed by atoms with Crippen LogP contribution in [-0.4, -0.2) is 18.8 Å². The summed E-state index contributed by atoms with van der Waals surface area (Å²) in [6, 6.07) is 11.7. The monoisotopic (exact) mass is 245 g/mol. The summed E-state index contributed by atoms with van der Waals surface area (Å²) in [5.74, 6) is 0.714. The number of ether oxygens (including phenoxy) is 1. The van der Waals surface area contributed by atoms with E-state index in [1.807, 2.05) is 0 Å². The van der Waals surface area contributed by atoms with Gasteiger partial charge >= 0.3 is 0 Å². The second kappa shape index (κ2) is 4.36. The SMILES string of the molecule is C[C@H](NC1C2CCOC2C1(C)C)c1ccccc1. The summed E-state index contributed by atoms with van der Waals surface area (Å²) in [6.45, 7) is 7.86. The highest BCUT2D eigenvalue weighted by atomic mass is 16.5. The van der Waals surface area contributed by atoms with Crippen LogP contribution in [0.15, 0.2) is 30.3 Å². The highest BCUT2D eigenvalue weighted by molar-refractivity contribution is 5.20. The van der Waals surface area contributed by atoms with Crippen molar-refractivity contribution in [3.05, 3.63) is 35.9 Å². The van der Waals surface area contributed by atoms with E-state index in [0.29, 0.717) is 24.1 Å². The Morgan fingerprint density at radius 1 is 1.28 bits per heavy atom. The van der Waals surface area contributed by atoms with Crippen molar-refractivity contribution >= 4 is 0 Å². The molecule has 1 aromatic rings. The van der Waals surface area contributed by atoms with Crippen LogP contribution in [0.4, 0.5) is 0 Å². The van der Waals surface area contributed by atoms with Crippen molar-refractivity contribution in [1.82, 2.24) is 5.32 Å². The molecule has 18 heavy (non-hydrogen) atoms. The largest absolute Gasteiger partial charge is 0.377 e. The van der Waals surface area contributed by atoms with Gasteiger partial charge in [0.05, 0.1) is 6.10 Å². The molecular weight excluding hydrogens is 222 g/mol. The first-order valence-electron chi connectivity index (χ1n) is 7.03. The van der Waals surface area contributed by atoms with Gasteiger partial charge in [0, 0.05) is 30.0 Å². The van der Waals surface area contributed by atoms with Crippen LogP contribution in [0.5, 0.6) is 0 Å². The molecule has 1 aliphatic heterocycles. The summed E-state index contributed by atoms with van der Waals surface area (Å²) >= 11 is 0. The summed E-state index contributed by atoms with van der Waals surface area (Å²) in [5.41, 5.74) is 1.64. The lowest BCUT2D eigenvalue weighted by Crippen LogP contribution is -2.66. The van der Waals surface area contributed by atoms with Gasteiger partial charge in [0.1, 0.15) is 0 Å². The summed E-state index contributed by atoms with van der Waals surface area (Å²) in [6.07, 6.45) is 1.69. The van der Waals surface area contributed by atoms with Crippen molar-refractivity contribution in [1.29, 1.82) is 0 Å². The Hall–Kier alpha value is -0.860. The number of hydrogen-bond donors (Lipinski definition) is 1. The lowest BCUT2D eigenvalue weighted by atomic mass is 9.57. The summed E-state index contributed by atoms with van der Waals surface area (Å²) in [5, 5.41) is 3.81. The van der Waals surface area contributed by atoms with Crippen molar-refractivity contribution in [3.63, 3.8) is 0 Å². The highest BCUT2D eigenvalue weighted by Crippen LogP contribution is 2.52. The van der Waals surface area contributed by atoms with E-state index in [2.05, 4.69) is 56.4 Å². The third-order valence-corrected chi connectivity index (χ3v) is 4.83. The third-order valence-electron chi connectivity index (χ3n) is 4.83. The van der Waals surface area contributed by atoms with Crippen molar-refractivity contribution in [2.24, 2.45) is 11.3 Å². The van der Waals surface area contributed by atoms with E-state index in [1.165, 1.54) is 12.0 Å². The normalized spacial score (nSPS) is 34.7. The topological polar surface area (TPSA) is 21.3 Å². The number of rotatable bonds is 3.